The minimum absolute atomic E-state index is 0.00404. The Labute approximate surface area is 176 Å². The molecule has 1 heterocycles. The van der Waals surface area contributed by atoms with E-state index in [-0.39, 0.29) is 12.2 Å². The number of hydrogen-bond acceptors (Lipinski definition) is 8. The van der Waals surface area contributed by atoms with Gasteiger partial charge in [0.1, 0.15) is 17.5 Å². The topological polar surface area (TPSA) is 97.8 Å². The number of nitrogens with zero attached hydrogens (tertiary/aromatic N) is 2. The second kappa shape index (κ2) is 9.71. The molecule has 1 aromatic carbocycles. The number of methoxy groups -OCH3 is 3. The molecule has 0 saturated heterocycles. The summed E-state index contributed by atoms with van der Waals surface area (Å²) in [4.78, 5) is 27.4. The molecule has 0 aromatic heterocycles. The number of benzene rings is 1. The van der Waals surface area contributed by atoms with Gasteiger partial charge in [-0.2, -0.15) is 0 Å². The van der Waals surface area contributed by atoms with Gasteiger partial charge < -0.3 is 29.0 Å². The lowest BCUT2D eigenvalue weighted by molar-refractivity contribution is -0.139. The van der Waals surface area contributed by atoms with Gasteiger partial charge in [0.15, 0.2) is 11.5 Å². The van der Waals surface area contributed by atoms with Gasteiger partial charge >= 0.3 is 12.1 Å². The normalized spacial score (nSPS) is 16.6. The molecule has 2 rings (SSSR count). The molecule has 1 atom stereocenters. The van der Waals surface area contributed by atoms with E-state index in [0.29, 0.717) is 24.5 Å². The second-order valence-electron chi connectivity index (χ2n) is 7.75. The molecule has 30 heavy (non-hydrogen) atoms. The molecule has 9 heteroatoms. The van der Waals surface area contributed by atoms with Gasteiger partial charge in [-0.05, 0) is 44.9 Å². The van der Waals surface area contributed by atoms with Crippen LogP contribution in [0.1, 0.15) is 26.3 Å². The van der Waals surface area contributed by atoms with Gasteiger partial charge in [0.2, 0.25) is 0 Å². The molecule has 9 nitrogen and oxygen atoms in total. The van der Waals surface area contributed by atoms with Gasteiger partial charge in [-0.1, -0.05) is 6.07 Å². The van der Waals surface area contributed by atoms with Crippen molar-refractivity contribution in [3.05, 3.63) is 35.7 Å². The second-order valence-corrected chi connectivity index (χ2v) is 7.75. The van der Waals surface area contributed by atoms with Crippen molar-refractivity contribution in [1.29, 1.82) is 0 Å². The Morgan fingerprint density at radius 1 is 1.13 bits per heavy atom. The predicted octanol–water partition coefficient (Wildman–Crippen LogP) is 2.13. The third-order valence-corrected chi connectivity index (χ3v) is 4.42. The molecule has 0 aliphatic carbocycles. The molecule has 1 N–H and O–H groups in total. The zero-order chi connectivity index (χ0) is 22.5. The lowest BCUT2D eigenvalue weighted by Gasteiger charge is -2.38. The van der Waals surface area contributed by atoms with Crippen molar-refractivity contribution in [2.45, 2.75) is 39.0 Å². The van der Waals surface area contributed by atoms with Crippen molar-refractivity contribution < 1.29 is 33.6 Å². The molecule has 1 amide bonds. The van der Waals surface area contributed by atoms with Crippen LogP contribution in [0.4, 0.5) is 4.79 Å². The molecule has 1 aliphatic heterocycles. The number of esters is 1. The fourth-order valence-electron chi connectivity index (χ4n) is 2.94. The fourth-order valence-corrected chi connectivity index (χ4v) is 2.94. The predicted molar refractivity (Wildman–Crippen MR) is 109 cm³/mol. The molecular formula is C21H30N2O7. The van der Waals surface area contributed by atoms with E-state index in [9.17, 15) is 14.7 Å². The number of ether oxygens (including phenoxy) is 4. The lowest BCUT2D eigenvalue weighted by Crippen LogP contribution is -2.51. The van der Waals surface area contributed by atoms with Crippen LogP contribution in [0.15, 0.2) is 30.1 Å². The summed E-state index contributed by atoms with van der Waals surface area (Å²) in [5.74, 6) is 0.542. The van der Waals surface area contributed by atoms with Crippen LogP contribution >= 0.6 is 0 Å². The van der Waals surface area contributed by atoms with Gasteiger partial charge in [0, 0.05) is 12.7 Å². The van der Waals surface area contributed by atoms with E-state index in [1.54, 1.807) is 46.0 Å². The Morgan fingerprint density at radius 3 is 2.37 bits per heavy atom. The van der Waals surface area contributed by atoms with Crippen LogP contribution in [0.2, 0.25) is 0 Å². The third-order valence-electron chi connectivity index (χ3n) is 4.42. The van der Waals surface area contributed by atoms with Crippen LogP contribution in [-0.4, -0.2) is 73.2 Å². The molecule has 166 valence electrons. The van der Waals surface area contributed by atoms with Gasteiger partial charge in [-0.3, -0.25) is 4.90 Å². The van der Waals surface area contributed by atoms with E-state index < -0.39 is 23.9 Å². The summed E-state index contributed by atoms with van der Waals surface area (Å²) in [7, 11) is 4.36. The van der Waals surface area contributed by atoms with E-state index >= 15 is 0 Å². The maximum Gasteiger partial charge on any atom is 0.415 e. The highest BCUT2D eigenvalue weighted by Crippen LogP contribution is 2.28. The van der Waals surface area contributed by atoms with Gasteiger partial charge in [-0.15, -0.1) is 0 Å². The third kappa shape index (κ3) is 5.79. The van der Waals surface area contributed by atoms with Gasteiger partial charge in [0.25, 0.3) is 0 Å². The first kappa shape index (κ1) is 23.3. The number of carbonyl (C=O) groups excluding carboxylic acids is 2. The number of amides is 1. The first-order chi connectivity index (χ1) is 14.1. The van der Waals surface area contributed by atoms with Crippen LogP contribution in [0.25, 0.3) is 0 Å². The average molecular weight is 422 g/mol. The van der Waals surface area contributed by atoms with Gasteiger partial charge in [-0.25, -0.2) is 9.59 Å². The summed E-state index contributed by atoms with van der Waals surface area (Å²) in [6, 6.07) is 5.56. The molecule has 1 aliphatic rings. The van der Waals surface area contributed by atoms with E-state index in [1.807, 2.05) is 12.1 Å². The van der Waals surface area contributed by atoms with Crippen molar-refractivity contribution in [2.24, 2.45) is 0 Å². The number of carbonyl (C=O) groups is 2. The Bertz CT molecular complexity index is 801. The molecule has 0 bridgehead atoms. The lowest BCUT2D eigenvalue weighted by atomic mass is 10.1. The van der Waals surface area contributed by atoms with Crippen molar-refractivity contribution in [3.63, 3.8) is 0 Å². The summed E-state index contributed by atoms with van der Waals surface area (Å²) in [6.45, 7) is 5.45. The number of β-amino-alcohol motifs (C(OH)–C–C–N with tert-alkyl or cyclic N) is 1. The Hall–Kier alpha value is -2.94. The number of rotatable bonds is 6. The highest BCUT2D eigenvalue weighted by Gasteiger charge is 2.35. The monoisotopic (exact) mass is 422 g/mol. The minimum atomic E-state index is -1.01. The van der Waals surface area contributed by atoms with E-state index in [2.05, 4.69) is 0 Å². The Balaban J connectivity index is 2.19. The Morgan fingerprint density at radius 2 is 1.80 bits per heavy atom. The van der Waals surface area contributed by atoms with Crippen molar-refractivity contribution in [1.82, 2.24) is 9.80 Å². The SMILES string of the molecule is COC(=O)C1=CN(CCc2ccc(OC)c(OC)c2)C(O)CN1C(=O)OC(C)(C)C. The molecule has 0 radical (unpaired) electrons. The van der Waals surface area contributed by atoms with E-state index in [1.165, 1.54) is 13.3 Å². The number of aliphatic hydroxyl groups is 1. The van der Waals surface area contributed by atoms with Crippen LogP contribution in [0, 0.1) is 0 Å². The summed E-state index contributed by atoms with van der Waals surface area (Å²) in [5.41, 5.74) is 0.222. The van der Waals surface area contributed by atoms with Crippen molar-refractivity contribution in [2.75, 3.05) is 34.4 Å². The first-order valence-corrected chi connectivity index (χ1v) is 9.55. The van der Waals surface area contributed by atoms with E-state index in [0.717, 1.165) is 10.5 Å². The number of hydrogen-bond donors (Lipinski definition) is 1. The maximum atomic E-state index is 12.5. The quantitative estimate of drug-likeness (QED) is 0.697. The highest BCUT2D eigenvalue weighted by atomic mass is 16.6. The zero-order valence-corrected chi connectivity index (χ0v) is 18.3. The summed E-state index contributed by atoms with van der Waals surface area (Å²) in [5, 5.41) is 10.6. The van der Waals surface area contributed by atoms with Crippen LogP contribution < -0.4 is 9.47 Å². The maximum absolute atomic E-state index is 12.5. The zero-order valence-electron chi connectivity index (χ0n) is 18.3. The van der Waals surface area contributed by atoms with Crippen LogP contribution in [0.3, 0.4) is 0 Å². The molecule has 1 aromatic rings. The van der Waals surface area contributed by atoms with Crippen LogP contribution in [0.5, 0.6) is 11.5 Å². The summed E-state index contributed by atoms with van der Waals surface area (Å²) < 4.78 is 20.7. The largest absolute Gasteiger partial charge is 0.493 e. The molecule has 0 saturated carbocycles. The summed E-state index contributed by atoms with van der Waals surface area (Å²) >= 11 is 0. The van der Waals surface area contributed by atoms with Crippen LogP contribution in [-0.2, 0) is 20.7 Å². The first-order valence-electron chi connectivity index (χ1n) is 9.55. The molecular weight excluding hydrogens is 392 g/mol. The Kier molecular flexibility index (Phi) is 7.55. The van der Waals surface area contributed by atoms with Gasteiger partial charge in [0.05, 0.1) is 27.9 Å². The fraction of sp³-hybridized carbons (Fsp3) is 0.524. The highest BCUT2D eigenvalue weighted by molar-refractivity contribution is 5.92. The average Bonchev–Trinajstić information content (AvgIpc) is 2.70. The molecule has 1 unspecified atom stereocenters. The molecule has 0 spiro atoms. The van der Waals surface area contributed by atoms with E-state index in [4.69, 9.17) is 18.9 Å². The van der Waals surface area contributed by atoms with Crippen molar-refractivity contribution in [3.8, 4) is 11.5 Å². The standard InChI is InChI=1S/C21H30N2O7/c1-21(2,3)30-20(26)23-13-18(24)22(12-15(23)19(25)29-6)10-9-14-7-8-16(27-4)17(11-14)28-5/h7-8,11-12,18,24H,9-10,13H2,1-6H3. The molecule has 0 fully saturated rings. The summed E-state index contributed by atoms with van der Waals surface area (Å²) in [6.07, 6.45) is 0.253. The minimum Gasteiger partial charge on any atom is -0.493 e. The smallest absolute Gasteiger partial charge is 0.415 e. The van der Waals surface area contributed by atoms with Crippen molar-refractivity contribution >= 4 is 12.1 Å². The number of aliphatic hydroxyl groups excluding tert-OH is 1.